The number of thioether (sulfide) groups is 1. The molecule has 0 spiro atoms. The van der Waals surface area contributed by atoms with Gasteiger partial charge in [-0.15, -0.1) is 11.8 Å². The number of nitrogens with two attached hydrogens (primary N) is 1. The largest absolute Gasteiger partial charge is 0.478 e. The number of oxime groups is 1. The minimum absolute atomic E-state index is 0.0105. The Bertz CT molecular complexity index is 1530. The molecule has 0 bridgehead atoms. The maximum absolute atomic E-state index is 13.3. The SMILES string of the molecule is CCCC(O/N=C(/C(=O)NC1C(=O)N2C(C(=O)O)=C(C[n+]3ccnc(N(CCCO)CCCO)c3)CS[C@H]12)c1nsc(N)n1)C(=O)O. The van der Waals surface area contributed by atoms with Crippen molar-refractivity contribution in [3.05, 3.63) is 35.7 Å². The summed E-state index contributed by atoms with van der Waals surface area (Å²) >= 11 is 2.04. The van der Waals surface area contributed by atoms with E-state index in [1.807, 2.05) is 4.90 Å². The molecule has 20 heteroatoms. The van der Waals surface area contributed by atoms with Crippen molar-refractivity contribution in [2.75, 3.05) is 42.7 Å². The van der Waals surface area contributed by atoms with Crippen molar-refractivity contribution in [1.29, 1.82) is 0 Å². The molecule has 18 nitrogen and oxygen atoms in total. The molecule has 2 aromatic heterocycles. The van der Waals surface area contributed by atoms with Crippen molar-refractivity contribution in [3.63, 3.8) is 0 Å². The van der Waals surface area contributed by atoms with E-state index in [0.29, 0.717) is 43.7 Å². The number of hydrogen-bond acceptors (Lipinski definition) is 15. The number of carbonyl (C=O) groups is 4. The van der Waals surface area contributed by atoms with Gasteiger partial charge in [-0.1, -0.05) is 18.5 Å². The van der Waals surface area contributed by atoms with Crippen LogP contribution in [0.2, 0.25) is 0 Å². The molecule has 0 radical (unpaired) electrons. The highest BCUT2D eigenvalue weighted by molar-refractivity contribution is 8.00. The van der Waals surface area contributed by atoms with E-state index in [0.717, 1.165) is 16.4 Å². The molecule has 2 unspecified atom stereocenters. The quantitative estimate of drug-likeness (QED) is 0.0463. The highest BCUT2D eigenvalue weighted by Gasteiger charge is 2.55. The number of aromatic nitrogens is 4. The summed E-state index contributed by atoms with van der Waals surface area (Å²) < 4.78 is 5.70. The van der Waals surface area contributed by atoms with Gasteiger partial charge in [0.1, 0.15) is 17.1 Å². The van der Waals surface area contributed by atoms with Crippen LogP contribution < -0.4 is 20.5 Å². The number of carbonyl (C=O) groups excluding carboxylic acids is 2. The van der Waals surface area contributed by atoms with E-state index in [1.165, 1.54) is 11.8 Å². The second kappa shape index (κ2) is 16.4. The Morgan fingerprint density at radius 1 is 1.26 bits per heavy atom. The standard InChI is InChI=1S/C27H35N9O9S2/c1-2-5-16(25(41)42)45-32-18(21-31-27(28)47-33-21)22(39)30-19-23(40)36-20(26(43)44)15(14-46-24(19)36)12-34-9-6-29-17(13-34)35(7-3-10-37)8-4-11-38/h6,9,13,16,19,24,37-38H,2-5,7-8,10-12,14H2,1H3,(H4-,28,30,31,33,39,41,42,43,44)/p+1/b32-18+/t16?,19?,24-/m1/s1. The van der Waals surface area contributed by atoms with E-state index >= 15 is 0 Å². The van der Waals surface area contributed by atoms with Gasteiger partial charge in [-0.05, 0) is 19.3 Å². The van der Waals surface area contributed by atoms with Crippen LogP contribution in [0.1, 0.15) is 38.4 Å². The number of aliphatic hydroxyl groups is 2. The summed E-state index contributed by atoms with van der Waals surface area (Å²) in [5.41, 5.74) is 5.45. The third kappa shape index (κ3) is 8.50. The topological polar surface area (TPSA) is 258 Å². The molecular formula is C27H36N9O9S2+. The average molecular weight is 695 g/mol. The van der Waals surface area contributed by atoms with Crippen LogP contribution in [0.3, 0.4) is 0 Å². The van der Waals surface area contributed by atoms with Gasteiger partial charge in [0.25, 0.3) is 11.8 Å². The summed E-state index contributed by atoms with van der Waals surface area (Å²) in [5.74, 6) is -3.59. The van der Waals surface area contributed by atoms with Crippen LogP contribution in [0.15, 0.2) is 35.0 Å². The summed E-state index contributed by atoms with van der Waals surface area (Å²) in [6.07, 6.45) is 5.21. The van der Waals surface area contributed by atoms with Gasteiger partial charge in [0, 0.05) is 49.2 Å². The Kier molecular flexibility index (Phi) is 12.4. The number of β-lactam (4-membered cyclic amide) rings is 1. The molecule has 1 fully saturated rings. The van der Waals surface area contributed by atoms with Gasteiger partial charge in [-0.2, -0.15) is 13.9 Å². The highest BCUT2D eigenvalue weighted by Crippen LogP contribution is 2.40. The molecule has 254 valence electrons. The first-order chi connectivity index (χ1) is 22.6. The van der Waals surface area contributed by atoms with Crippen LogP contribution in [-0.2, 0) is 30.6 Å². The number of amides is 2. The lowest BCUT2D eigenvalue weighted by molar-refractivity contribution is -0.688. The monoisotopic (exact) mass is 694 g/mol. The van der Waals surface area contributed by atoms with Crippen LogP contribution in [0, 0.1) is 0 Å². The van der Waals surface area contributed by atoms with Gasteiger partial charge < -0.3 is 41.2 Å². The summed E-state index contributed by atoms with van der Waals surface area (Å²) in [6.45, 7) is 2.88. The summed E-state index contributed by atoms with van der Waals surface area (Å²) in [4.78, 5) is 67.1. The van der Waals surface area contributed by atoms with E-state index in [9.17, 15) is 39.6 Å². The number of carboxylic acids is 2. The number of rotatable bonds is 18. The maximum atomic E-state index is 13.3. The Balaban J connectivity index is 1.52. The number of anilines is 2. The third-order valence-corrected chi connectivity index (χ3v) is 9.00. The molecule has 1 saturated heterocycles. The van der Waals surface area contributed by atoms with Crippen LogP contribution in [0.5, 0.6) is 0 Å². The number of aliphatic hydroxyl groups excluding tert-OH is 2. The molecule has 4 heterocycles. The van der Waals surface area contributed by atoms with Crippen molar-refractivity contribution in [3.8, 4) is 0 Å². The molecule has 0 saturated carbocycles. The zero-order valence-corrected chi connectivity index (χ0v) is 27.0. The molecule has 2 aliphatic rings. The molecule has 2 amide bonds. The smallest absolute Gasteiger partial charge is 0.352 e. The lowest BCUT2D eigenvalue weighted by Crippen LogP contribution is -2.71. The van der Waals surface area contributed by atoms with E-state index < -0.39 is 47.0 Å². The maximum Gasteiger partial charge on any atom is 0.352 e. The van der Waals surface area contributed by atoms with Gasteiger partial charge in [0.05, 0.1) is 6.20 Å². The van der Waals surface area contributed by atoms with Crippen LogP contribution in [-0.4, -0.2) is 119 Å². The molecule has 7 N–H and O–H groups in total. The zero-order valence-electron chi connectivity index (χ0n) is 25.4. The average Bonchev–Trinajstić information content (AvgIpc) is 3.48. The number of carboxylic acid groups (broad SMARTS) is 2. The van der Waals surface area contributed by atoms with Crippen molar-refractivity contribution >= 4 is 63.7 Å². The summed E-state index contributed by atoms with van der Waals surface area (Å²) in [7, 11) is 0. The first-order valence-corrected chi connectivity index (χ1v) is 16.5. The Labute approximate surface area is 277 Å². The molecule has 3 atom stereocenters. The Morgan fingerprint density at radius 2 is 1.98 bits per heavy atom. The molecule has 0 aromatic carbocycles. The summed E-state index contributed by atoms with van der Waals surface area (Å²) in [6, 6.07) is -1.12. The number of nitrogens with zero attached hydrogens (tertiary/aromatic N) is 7. The van der Waals surface area contributed by atoms with E-state index in [-0.39, 0.29) is 48.6 Å². The number of nitrogen functional groups attached to an aromatic ring is 1. The van der Waals surface area contributed by atoms with Crippen molar-refractivity contribution in [1.82, 2.24) is 24.6 Å². The Hall–Kier alpha value is -4.40. The molecule has 4 rings (SSSR count). The fourth-order valence-corrected chi connectivity index (χ4v) is 6.67. The fourth-order valence-electron chi connectivity index (χ4n) is 4.90. The minimum Gasteiger partial charge on any atom is -0.478 e. The van der Waals surface area contributed by atoms with Crippen molar-refractivity contribution in [2.45, 2.75) is 56.7 Å². The second-order valence-electron chi connectivity index (χ2n) is 10.5. The number of hydrogen-bond donors (Lipinski definition) is 6. The minimum atomic E-state index is -1.34. The number of aliphatic carboxylic acids is 2. The molecule has 2 aromatic rings. The van der Waals surface area contributed by atoms with Gasteiger partial charge >= 0.3 is 11.9 Å². The summed E-state index contributed by atoms with van der Waals surface area (Å²) in [5, 5.41) is 43.6. The highest BCUT2D eigenvalue weighted by atomic mass is 32.2. The lowest BCUT2D eigenvalue weighted by atomic mass is 10.0. The van der Waals surface area contributed by atoms with Gasteiger partial charge in [-0.25, -0.2) is 14.6 Å². The third-order valence-electron chi connectivity index (χ3n) is 7.12. The lowest BCUT2D eigenvalue weighted by Gasteiger charge is -2.49. The van der Waals surface area contributed by atoms with E-state index in [4.69, 9.17) is 10.6 Å². The van der Waals surface area contributed by atoms with Crippen molar-refractivity contribution < 1.29 is 49.0 Å². The molecular weight excluding hydrogens is 658 g/mol. The molecule has 47 heavy (non-hydrogen) atoms. The predicted molar refractivity (Wildman–Crippen MR) is 168 cm³/mol. The molecule has 0 aliphatic carbocycles. The first-order valence-electron chi connectivity index (χ1n) is 14.7. The fraction of sp³-hybridized carbons (Fsp3) is 0.519. The van der Waals surface area contributed by atoms with Gasteiger partial charge in [0.2, 0.25) is 23.8 Å². The zero-order chi connectivity index (χ0) is 34.1. The van der Waals surface area contributed by atoms with Gasteiger partial charge in [0.15, 0.2) is 23.7 Å². The molecule has 2 aliphatic heterocycles. The first kappa shape index (κ1) is 35.5. The van der Waals surface area contributed by atoms with E-state index in [2.05, 4.69) is 24.8 Å². The Morgan fingerprint density at radius 3 is 2.57 bits per heavy atom. The predicted octanol–water partition coefficient (Wildman–Crippen LogP) is -1.21. The van der Waals surface area contributed by atoms with Crippen molar-refractivity contribution in [2.24, 2.45) is 5.16 Å². The number of fused-ring (bicyclic) bond motifs is 1. The number of nitrogens with one attached hydrogen (secondary N) is 1. The second-order valence-corrected chi connectivity index (χ2v) is 12.4. The van der Waals surface area contributed by atoms with Gasteiger partial charge in [-0.3, -0.25) is 14.5 Å². The van der Waals surface area contributed by atoms with E-state index in [1.54, 1.807) is 30.1 Å². The van der Waals surface area contributed by atoms with Crippen LogP contribution in [0.25, 0.3) is 0 Å². The van der Waals surface area contributed by atoms with Crippen LogP contribution >= 0.6 is 23.3 Å². The normalized spacial score (nSPS) is 18.3. The van der Waals surface area contributed by atoms with Crippen LogP contribution in [0.4, 0.5) is 10.9 Å².